The number of rotatable bonds is 0. The van der Waals surface area contributed by atoms with Crippen LogP contribution in [0.3, 0.4) is 0 Å². The maximum Gasteiger partial charge on any atom is 0.147 e. The molecule has 0 aromatic heterocycles. The molecule has 1 aliphatic rings. The SMILES string of the molecule is CC1=CC(O)=CC(C)(C)C1(Cl)Cl. The fraction of sp³-hybridized carbons (Fsp3) is 0.556. The van der Waals surface area contributed by atoms with Crippen LogP contribution in [0.4, 0.5) is 0 Å². The van der Waals surface area contributed by atoms with E-state index in [-0.39, 0.29) is 5.76 Å². The Balaban J connectivity index is 3.18. The van der Waals surface area contributed by atoms with E-state index < -0.39 is 9.75 Å². The van der Waals surface area contributed by atoms with Crippen LogP contribution < -0.4 is 0 Å². The van der Waals surface area contributed by atoms with Gasteiger partial charge in [0.2, 0.25) is 0 Å². The zero-order valence-electron chi connectivity index (χ0n) is 7.36. The van der Waals surface area contributed by atoms with Crippen LogP contribution in [0, 0.1) is 5.41 Å². The number of halogens is 2. The molecule has 0 atom stereocenters. The van der Waals surface area contributed by atoms with Gasteiger partial charge in [-0.2, -0.15) is 0 Å². The molecule has 0 unspecified atom stereocenters. The Morgan fingerprint density at radius 2 is 1.83 bits per heavy atom. The Kier molecular flexibility index (Phi) is 2.22. The summed E-state index contributed by atoms with van der Waals surface area (Å²) in [6.07, 6.45) is 3.26. The first kappa shape index (κ1) is 9.94. The monoisotopic (exact) mass is 206 g/mol. The third-order valence-corrected chi connectivity index (χ3v) is 3.75. The van der Waals surface area contributed by atoms with Gasteiger partial charge in [0.25, 0.3) is 0 Å². The van der Waals surface area contributed by atoms with Gasteiger partial charge in [-0.1, -0.05) is 37.0 Å². The lowest BCUT2D eigenvalue weighted by atomic mass is 9.81. The van der Waals surface area contributed by atoms with Crippen LogP contribution in [0.15, 0.2) is 23.5 Å². The second kappa shape index (κ2) is 2.68. The molecular formula is C9H12Cl2O. The van der Waals surface area contributed by atoms with Gasteiger partial charge in [-0.15, -0.1) is 0 Å². The molecule has 1 N–H and O–H groups in total. The summed E-state index contributed by atoms with van der Waals surface area (Å²) in [6, 6.07) is 0. The van der Waals surface area contributed by atoms with Gasteiger partial charge < -0.3 is 5.11 Å². The lowest BCUT2D eigenvalue weighted by Crippen LogP contribution is -2.36. The first-order chi connectivity index (χ1) is 5.27. The molecule has 0 saturated heterocycles. The van der Waals surface area contributed by atoms with Crippen LogP contribution in [-0.4, -0.2) is 9.44 Å². The minimum atomic E-state index is -0.917. The summed E-state index contributed by atoms with van der Waals surface area (Å²) in [5, 5.41) is 9.31. The Hall–Kier alpha value is -0.140. The van der Waals surface area contributed by atoms with Gasteiger partial charge in [0.15, 0.2) is 0 Å². The molecule has 0 aromatic carbocycles. The highest BCUT2D eigenvalue weighted by Gasteiger charge is 2.44. The second-order valence-electron chi connectivity index (χ2n) is 3.69. The topological polar surface area (TPSA) is 20.2 Å². The zero-order chi connectivity index (χ0) is 9.57. The van der Waals surface area contributed by atoms with Crippen molar-refractivity contribution in [1.29, 1.82) is 0 Å². The molecule has 0 fully saturated rings. The minimum absolute atomic E-state index is 0.231. The molecule has 1 aliphatic carbocycles. The summed E-state index contributed by atoms with van der Waals surface area (Å²) in [4.78, 5) is 0. The minimum Gasteiger partial charge on any atom is -0.508 e. The van der Waals surface area contributed by atoms with Crippen molar-refractivity contribution in [2.24, 2.45) is 5.41 Å². The normalized spacial score (nSPS) is 26.1. The van der Waals surface area contributed by atoms with Crippen LogP contribution >= 0.6 is 23.2 Å². The fourth-order valence-corrected chi connectivity index (χ4v) is 1.54. The predicted octanol–water partition coefficient (Wildman–Crippen LogP) is 3.59. The summed E-state index contributed by atoms with van der Waals surface area (Å²) >= 11 is 12.2. The summed E-state index contributed by atoms with van der Waals surface area (Å²) in [5.41, 5.74) is 0.342. The van der Waals surface area contributed by atoms with E-state index in [1.54, 1.807) is 12.2 Å². The first-order valence-electron chi connectivity index (χ1n) is 3.76. The highest BCUT2D eigenvalue weighted by Crippen LogP contribution is 2.49. The lowest BCUT2D eigenvalue weighted by molar-refractivity contribution is 0.371. The Morgan fingerprint density at radius 1 is 1.33 bits per heavy atom. The molecule has 1 nitrogen and oxygen atoms in total. The molecule has 0 aliphatic heterocycles. The Bertz CT molecular complexity index is 262. The van der Waals surface area contributed by atoms with E-state index in [9.17, 15) is 5.11 Å². The van der Waals surface area contributed by atoms with Crippen molar-refractivity contribution in [1.82, 2.24) is 0 Å². The van der Waals surface area contributed by atoms with Crippen LogP contribution in [0.1, 0.15) is 20.8 Å². The maximum absolute atomic E-state index is 9.31. The first-order valence-corrected chi connectivity index (χ1v) is 4.51. The third kappa shape index (κ3) is 1.36. The zero-order valence-corrected chi connectivity index (χ0v) is 8.87. The van der Waals surface area contributed by atoms with Crippen LogP contribution in [0.25, 0.3) is 0 Å². The quantitative estimate of drug-likeness (QED) is 0.602. The Labute approximate surface area is 82.7 Å². The molecule has 0 saturated carbocycles. The van der Waals surface area contributed by atoms with E-state index in [0.717, 1.165) is 5.57 Å². The maximum atomic E-state index is 9.31. The molecule has 0 heterocycles. The molecule has 0 amide bonds. The third-order valence-electron chi connectivity index (χ3n) is 2.18. The standard InChI is InChI=1S/C9H12Cl2O/c1-6-4-7(12)5-8(2,3)9(6,10)11/h4-5,12H,1-3H3. The van der Waals surface area contributed by atoms with E-state index in [1.807, 2.05) is 20.8 Å². The number of hydrogen-bond acceptors (Lipinski definition) is 1. The molecule has 0 bridgehead atoms. The Morgan fingerprint density at radius 3 is 2.25 bits per heavy atom. The summed E-state index contributed by atoms with van der Waals surface area (Å²) in [5.74, 6) is 0.231. The van der Waals surface area contributed by atoms with E-state index in [0.29, 0.717) is 0 Å². The highest BCUT2D eigenvalue weighted by atomic mass is 35.5. The average Bonchev–Trinajstić information content (AvgIpc) is 1.82. The largest absolute Gasteiger partial charge is 0.508 e. The van der Waals surface area contributed by atoms with Crippen molar-refractivity contribution in [2.45, 2.75) is 25.1 Å². The molecular weight excluding hydrogens is 195 g/mol. The van der Waals surface area contributed by atoms with Crippen LogP contribution in [0.2, 0.25) is 0 Å². The van der Waals surface area contributed by atoms with Crippen molar-refractivity contribution >= 4 is 23.2 Å². The van der Waals surface area contributed by atoms with E-state index in [1.165, 1.54) is 0 Å². The number of alkyl halides is 2. The fourth-order valence-electron chi connectivity index (χ4n) is 1.32. The second-order valence-corrected chi connectivity index (χ2v) is 5.02. The lowest BCUT2D eigenvalue weighted by Gasteiger charge is -2.38. The van der Waals surface area contributed by atoms with E-state index in [2.05, 4.69) is 0 Å². The van der Waals surface area contributed by atoms with E-state index >= 15 is 0 Å². The van der Waals surface area contributed by atoms with Crippen molar-refractivity contribution in [3.05, 3.63) is 23.5 Å². The molecule has 1 rings (SSSR count). The number of allylic oxidation sites excluding steroid dienone is 3. The number of aliphatic hydroxyl groups excluding tert-OH is 1. The summed E-state index contributed by atoms with van der Waals surface area (Å²) in [6.45, 7) is 5.59. The summed E-state index contributed by atoms with van der Waals surface area (Å²) < 4.78 is -0.917. The molecule has 0 spiro atoms. The van der Waals surface area contributed by atoms with Gasteiger partial charge >= 0.3 is 0 Å². The van der Waals surface area contributed by atoms with Gasteiger partial charge in [-0.05, 0) is 24.6 Å². The van der Waals surface area contributed by atoms with Gasteiger partial charge in [-0.3, -0.25) is 0 Å². The van der Waals surface area contributed by atoms with E-state index in [4.69, 9.17) is 23.2 Å². The average molecular weight is 207 g/mol. The molecule has 0 aromatic rings. The molecule has 12 heavy (non-hydrogen) atoms. The van der Waals surface area contributed by atoms with Gasteiger partial charge in [0.05, 0.1) is 0 Å². The van der Waals surface area contributed by atoms with Crippen LogP contribution in [-0.2, 0) is 0 Å². The van der Waals surface area contributed by atoms with Crippen molar-refractivity contribution in [3.63, 3.8) is 0 Å². The molecule has 3 heteroatoms. The summed E-state index contributed by atoms with van der Waals surface area (Å²) in [7, 11) is 0. The van der Waals surface area contributed by atoms with Gasteiger partial charge in [0.1, 0.15) is 10.1 Å². The smallest absolute Gasteiger partial charge is 0.147 e. The number of aliphatic hydroxyl groups is 1. The van der Waals surface area contributed by atoms with Gasteiger partial charge in [-0.25, -0.2) is 0 Å². The van der Waals surface area contributed by atoms with Crippen LogP contribution in [0.5, 0.6) is 0 Å². The molecule has 68 valence electrons. The van der Waals surface area contributed by atoms with Crippen molar-refractivity contribution in [3.8, 4) is 0 Å². The highest BCUT2D eigenvalue weighted by molar-refractivity contribution is 6.51. The van der Waals surface area contributed by atoms with Gasteiger partial charge in [0, 0.05) is 5.41 Å². The number of hydrogen-bond donors (Lipinski definition) is 1. The predicted molar refractivity (Wildman–Crippen MR) is 52.7 cm³/mol. The van der Waals surface area contributed by atoms with Crippen molar-refractivity contribution in [2.75, 3.05) is 0 Å². The van der Waals surface area contributed by atoms with Crippen molar-refractivity contribution < 1.29 is 5.11 Å². The molecule has 0 radical (unpaired) electrons.